The number of anilines is 1. The van der Waals surface area contributed by atoms with Gasteiger partial charge in [0.15, 0.2) is 0 Å². The van der Waals surface area contributed by atoms with Crippen LogP contribution in [0.1, 0.15) is 65.2 Å². The third-order valence-corrected chi connectivity index (χ3v) is 4.24. The van der Waals surface area contributed by atoms with Crippen molar-refractivity contribution in [2.75, 3.05) is 18.4 Å². The molecule has 1 rings (SSSR count). The summed E-state index contributed by atoms with van der Waals surface area (Å²) in [5.41, 5.74) is 0.865. The molecule has 0 aliphatic heterocycles. The van der Waals surface area contributed by atoms with E-state index in [9.17, 15) is 9.59 Å². The van der Waals surface area contributed by atoms with Crippen LogP contribution in [0.3, 0.4) is 0 Å². The van der Waals surface area contributed by atoms with Gasteiger partial charge in [-0.2, -0.15) is 0 Å². The van der Waals surface area contributed by atoms with Crippen LogP contribution >= 0.6 is 0 Å². The smallest absolute Gasteiger partial charge is 0.224 e. The molecule has 1 aromatic carbocycles. The van der Waals surface area contributed by atoms with Crippen LogP contribution in [0.4, 0.5) is 5.69 Å². The standard InChI is InChI=1S/C21H34N2O2/c1-18(2)20(24)14-8-4-10-16-22-17-11-5-9-15-21(25)23-19-12-6-3-7-13-19/h3,6-7,12-13,18,22H,4-5,8-11,14-17H2,1-2H3,(H,23,25). The number of unbranched alkanes of at least 4 members (excludes halogenated alkanes) is 4. The molecule has 0 bridgehead atoms. The van der Waals surface area contributed by atoms with Crippen LogP contribution in [0.25, 0.3) is 0 Å². The lowest BCUT2D eigenvalue weighted by Crippen LogP contribution is -2.17. The van der Waals surface area contributed by atoms with Crippen molar-refractivity contribution in [2.24, 2.45) is 5.92 Å². The molecular formula is C21H34N2O2. The van der Waals surface area contributed by atoms with Gasteiger partial charge in [-0.3, -0.25) is 9.59 Å². The van der Waals surface area contributed by atoms with E-state index in [1.165, 1.54) is 0 Å². The number of hydrogen-bond donors (Lipinski definition) is 2. The first-order valence-corrected chi connectivity index (χ1v) is 9.68. The highest BCUT2D eigenvalue weighted by molar-refractivity contribution is 5.90. The van der Waals surface area contributed by atoms with Gasteiger partial charge in [-0.1, -0.05) is 44.9 Å². The largest absolute Gasteiger partial charge is 0.326 e. The van der Waals surface area contributed by atoms with E-state index in [-0.39, 0.29) is 11.8 Å². The fourth-order valence-corrected chi connectivity index (χ4v) is 2.60. The second kappa shape index (κ2) is 13.6. The van der Waals surface area contributed by atoms with Gasteiger partial charge in [0.05, 0.1) is 0 Å². The van der Waals surface area contributed by atoms with Gasteiger partial charge in [0.1, 0.15) is 5.78 Å². The molecule has 0 heterocycles. The lowest BCUT2D eigenvalue weighted by molar-refractivity contribution is -0.122. The molecule has 0 unspecified atom stereocenters. The monoisotopic (exact) mass is 346 g/mol. The van der Waals surface area contributed by atoms with Gasteiger partial charge >= 0.3 is 0 Å². The third kappa shape index (κ3) is 11.5. The van der Waals surface area contributed by atoms with E-state index in [0.717, 1.165) is 63.7 Å². The molecule has 2 N–H and O–H groups in total. The molecule has 0 spiro atoms. The Morgan fingerprint density at radius 2 is 1.44 bits per heavy atom. The van der Waals surface area contributed by atoms with Crippen molar-refractivity contribution in [3.05, 3.63) is 30.3 Å². The highest BCUT2D eigenvalue weighted by Gasteiger charge is 2.05. The molecule has 0 saturated heterocycles. The predicted molar refractivity (Wildman–Crippen MR) is 105 cm³/mol. The number of carbonyl (C=O) groups is 2. The van der Waals surface area contributed by atoms with Crippen molar-refractivity contribution in [3.63, 3.8) is 0 Å². The van der Waals surface area contributed by atoms with Crippen molar-refractivity contribution < 1.29 is 9.59 Å². The first kappa shape index (κ1) is 21.4. The molecule has 4 nitrogen and oxygen atoms in total. The van der Waals surface area contributed by atoms with Crippen LogP contribution in [0.2, 0.25) is 0 Å². The highest BCUT2D eigenvalue weighted by atomic mass is 16.1. The van der Waals surface area contributed by atoms with Crippen molar-refractivity contribution in [1.82, 2.24) is 5.32 Å². The molecule has 0 aromatic heterocycles. The van der Waals surface area contributed by atoms with E-state index in [1.807, 2.05) is 44.2 Å². The Bertz CT molecular complexity index is 486. The fraction of sp³-hybridized carbons (Fsp3) is 0.619. The summed E-state index contributed by atoms with van der Waals surface area (Å²) in [6.07, 6.45) is 7.66. The maximum atomic E-state index is 11.8. The molecular weight excluding hydrogens is 312 g/mol. The topological polar surface area (TPSA) is 58.2 Å². The van der Waals surface area contributed by atoms with Gasteiger partial charge in [0.25, 0.3) is 0 Å². The van der Waals surface area contributed by atoms with Crippen LogP contribution in [-0.4, -0.2) is 24.8 Å². The zero-order valence-electron chi connectivity index (χ0n) is 15.9. The summed E-state index contributed by atoms with van der Waals surface area (Å²) in [6.45, 7) is 5.96. The number of amides is 1. The van der Waals surface area contributed by atoms with Crippen LogP contribution in [0, 0.1) is 5.92 Å². The summed E-state index contributed by atoms with van der Waals surface area (Å²) in [5, 5.41) is 6.35. The molecule has 4 heteroatoms. The van der Waals surface area contributed by atoms with Crippen LogP contribution in [-0.2, 0) is 9.59 Å². The number of para-hydroxylation sites is 1. The Kier molecular flexibility index (Phi) is 11.6. The van der Waals surface area contributed by atoms with Crippen LogP contribution in [0.15, 0.2) is 30.3 Å². The van der Waals surface area contributed by atoms with Crippen LogP contribution in [0.5, 0.6) is 0 Å². The van der Waals surface area contributed by atoms with Gasteiger partial charge in [0, 0.05) is 24.4 Å². The molecule has 0 radical (unpaired) electrons. The molecule has 0 saturated carbocycles. The number of nitrogens with one attached hydrogen (secondary N) is 2. The highest BCUT2D eigenvalue weighted by Crippen LogP contribution is 2.08. The van der Waals surface area contributed by atoms with E-state index < -0.39 is 0 Å². The Labute approximate surface area is 152 Å². The zero-order chi connectivity index (χ0) is 18.3. The second-order valence-electron chi connectivity index (χ2n) is 6.91. The predicted octanol–water partition coefficient (Wildman–Crippen LogP) is 4.56. The minimum Gasteiger partial charge on any atom is -0.326 e. The quantitative estimate of drug-likeness (QED) is 0.486. The lowest BCUT2D eigenvalue weighted by atomic mass is 10.0. The van der Waals surface area contributed by atoms with E-state index in [2.05, 4.69) is 10.6 Å². The Morgan fingerprint density at radius 3 is 2.04 bits per heavy atom. The molecule has 0 fully saturated rings. The minimum absolute atomic E-state index is 0.0927. The van der Waals surface area contributed by atoms with E-state index >= 15 is 0 Å². The maximum absolute atomic E-state index is 11.8. The molecule has 1 amide bonds. The average molecular weight is 347 g/mol. The Balaban J connectivity index is 1.86. The summed E-state index contributed by atoms with van der Waals surface area (Å²) in [5.74, 6) is 0.646. The van der Waals surface area contributed by atoms with E-state index in [4.69, 9.17) is 0 Å². The number of carbonyl (C=O) groups excluding carboxylic acids is 2. The molecule has 0 aliphatic rings. The normalized spacial score (nSPS) is 10.8. The number of rotatable bonds is 14. The number of ketones is 1. The second-order valence-corrected chi connectivity index (χ2v) is 6.91. The fourth-order valence-electron chi connectivity index (χ4n) is 2.60. The van der Waals surface area contributed by atoms with Crippen molar-refractivity contribution in [1.29, 1.82) is 0 Å². The first-order chi connectivity index (χ1) is 12.1. The summed E-state index contributed by atoms with van der Waals surface area (Å²) < 4.78 is 0. The third-order valence-electron chi connectivity index (χ3n) is 4.24. The average Bonchev–Trinajstić information content (AvgIpc) is 2.60. The van der Waals surface area contributed by atoms with Gasteiger partial charge in [-0.05, 0) is 50.9 Å². The number of Topliss-reactive ketones (excluding diaryl/α,β-unsaturated/α-hetero) is 1. The van der Waals surface area contributed by atoms with Gasteiger partial charge in [-0.25, -0.2) is 0 Å². The molecule has 0 aliphatic carbocycles. The van der Waals surface area contributed by atoms with Crippen molar-refractivity contribution >= 4 is 17.4 Å². The maximum Gasteiger partial charge on any atom is 0.224 e. The number of benzene rings is 1. The lowest BCUT2D eigenvalue weighted by Gasteiger charge is -2.06. The van der Waals surface area contributed by atoms with Crippen molar-refractivity contribution in [3.8, 4) is 0 Å². The van der Waals surface area contributed by atoms with Crippen LogP contribution < -0.4 is 10.6 Å². The Morgan fingerprint density at radius 1 is 0.840 bits per heavy atom. The first-order valence-electron chi connectivity index (χ1n) is 9.68. The van der Waals surface area contributed by atoms with Gasteiger partial charge < -0.3 is 10.6 Å². The van der Waals surface area contributed by atoms with Gasteiger partial charge in [-0.15, -0.1) is 0 Å². The zero-order valence-corrected chi connectivity index (χ0v) is 15.9. The summed E-state index contributed by atoms with van der Waals surface area (Å²) in [6, 6.07) is 9.59. The molecule has 140 valence electrons. The molecule has 0 atom stereocenters. The number of hydrogen-bond acceptors (Lipinski definition) is 3. The summed E-state index contributed by atoms with van der Waals surface area (Å²) in [4.78, 5) is 23.3. The Hall–Kier alpha value is -1.68. The summed E-state index contributed by atoms with van der Waals surface area (Å²) >= 11 is 0. The van der Waals surface area contributed by atoms with E-state index in [1.54, 1.807) is 0 Å². The molecule has 25 heavy (non-hydrogen) atoms. The van der Waals surface area contributed by atoms with E-state index in [0.29, 0.717) is 12.2 Å². The summed E-state index contributed by atoms with van der Waals surface area (Å²) in [7, 11) is 0. The van der Waals surface area contributed by atoms with Crippen molar-refractivity contribution in [2.45, 2.75) is 65.2 Å². The SMILES string of the molecule is CC(C)C(=O)CCCCCNCCCCCC(=O)Nc1ccccc1. The van der Waals surface area contributed by atoms with Gasteiger partial charge in [0.2, 0.25) is 5.91 Å². The molecule has 1 aromatic rings. The minimum atomic E-state index is 0.0927.